The highest BCUT2D eigenvalue weighted by atomic mass is 79.9. The van der Waals surface area contributed by atoms with Gasteiger partial charge in [-0.15, -0.1) is 11.8 Å². The molecule has 0 spiro atoms. The zero-order valence-electron chi connectivity index (χ0n) is 8.46. The summed E-state index contributed by atoms with van der Waals surface area (Å²) in [4.78, 5) is 1.19. The summed E-state index contributed by atoms with van der Waals surface area (Å²) in [7, 11) is 0. The Morgan fingerprint density at radius 1 is 1.50 bits per heavy atom. The molecule has 0 aromatic heterocycles. The van der Waals surface area contributed by atoms with Gasteiger partial charge in [0.2, 0.25) is 0 Å². The molecule has 14 heavy (non-hydrogen) atoms. The van der Waals surface area contributed by atoms with Crippen LogP contribution in [-0.4, -0.2) is 10.4 Å². The van der Waals surface area contributed by atoms with Gasteiger partial charge in [0.05, 0.1) is 6.61 Å². The van der Waals surface area contributed by atoms with E-state index in [-0.39, 0.29) is 6.61 Å². The second-order valence-corrected chi connectivity index (χ2v) is 5.64. The van der Waals surface area contributed by atoms with E-state index >= 15 is 0 Å². The molecule has 0 aliphatic heterocycles. The van der Waals surface area contributed by atoms with Crippen LogP contribution in [0.25, 0.3) is 0 Å². The van der Waals surface area contributed by atoms with Crippen molar-refractivity contribution < 1.29 is 5.11 Å². The van der Waals surface area contributed by atoms with Gasteiger partial charge < -0.3 is 5.11 Å². The predicted molar refractivity (Wildman–Crippen MR) is 65.7 cm³/mol. The Balaban J connectivity index is 2.85. The van der Waals surface area contributed by atoms with E-state index in [1.165, 1.54) is 4.90 Å². The molecule has 0 saturated carbocycles. The lowest BCUT2D eigenvalue weighted by atomic mass is 10.2. The second kappa shape index (κ2) is 5.79. The quantitative estimate of drug-likeness (QED) is 0.843. The van der Waals surface area contributed by atoms with Crippen molar-refractivity contribution in [2.45, 2.75) is 37.0 Å². The molecule has 1 atom stereocenters. The van der Waals surface area contributed by atoms with Crippen LogP contribution in [-0.2, 0) is 6.61 Å². The van der Waals surface area contributed by atoms with Gasteiger partial charge in [-0.2, -0.15) is 0 Å². The van der Waals surface area contributed by atoms with Crippen molar-refractivity contribution in [1.29, 1.82) is 0 Å². The summed E-state index contributed by atoms with van der Waals surface area (Å²) in [5, 5.41) is 9.79. The average molecular weight is 275 g/mol. The first-order chi connectivity index (χ1) is 6.67. The molecule has 1 aromatic rings. The molecule has 0 aliphatic rings. The fourth-order valence-electron chi connectivity index (χ4n) is 1.09. The van der Waals surface area contributed by atoms with Gasteiger partial charge in [0.25, 0.3) is 0 Å². The standard InChI is InChI=1S/C11H15BrOS/c1-3-8(2)14-11-5-4-10(12)6-9(11)7-13/h4-6,8,13H,3,7H2,1-2H3. The summed E-state index contributed by atoms with van der Waals surface area (Å²) in [6.07, 6.45) is 1.14. The van der Waals surface area contributed by atoms with Crippen molar-refractivity contribution in [3.8, 4) is 0 Å². The van der Waals surface area contributed by atoms with Gasteiger partial charge in [-0.3, -0.25) is 0 Å². The largest absolute Gasteiger partial charge is 0.392 e. The molecule has 1 nitrogen and oxygen atoms in total. The van der Waals surface area contributed by atoms with Crippen LogP contribution in [0.3, 0.4) is 0 Å². The van der Waals surface area contributed by atoms with Gasteiger partial charge in [-0.05, 0) is 30.2 Å². The molecule has 1 aromatic carbocycles. The third-order valence-corrected chi connectivity index (χ3v) is 3.98. The maximum absolute atomic E-state index is 9.19. The highest BCUT2D eigenvalue weighted by Gasteiger charge is 2.06. The molecule has 0 heterocycles. The van der Waals surface area contributed by atoms with Crippen molar-refractivity contribution in [2.75, 3.05) is 0 Å². The molecule has 0 amide bonds. The molecular formula is C11H15BrOS. The molecule has 78 valence electrons. The Labute approximate surface area is 98.0 Å². The summed E-state index contributed by atoms with van der Waals surface area (Å²) >= 11 is 5.22. The van der Waals surface area contributed by atoms with Gasteiger partial charge in [-0.1, -0.05) is 29.8 Å². The van der Waals surface area contributed by atoms with E-state index in [9.17, 15) is 5.11 Å². The summed E-state index contributed by atoms with van der Waals surface area (Å²) in [5.74, 6) is 0. The second-order valence-electron chi connectivity index (χ2n) is 3.25. The van der Waals surface area contributed by atoms with Gasteiger partial charge in [-0.25, -0.2) is 0 Å². The van der Waals surface area contributed by atoms with E-state index in [2.05, 4.69) is 35.8 Å². The molecule has 1 unspecified atom stereocenters. The van der Waals surface area contributed by atoms with Crippen LogP contribution in [0.5, 0.6) is 0 Å². The molecule has 0 aliphatic carbocycles. The molecule has 3 heteroatoms. The van der Waals surface area contributed by atoms with Crippen LogP contribution < -0.4 is 0 Å². The number of aliphatic hydroxyl groups is 1. The molecule has 1 N–H and O–H groups in total. The first-order valence-corrected chi connectivity index (χ1v) is 6.40. The minimum Gasteiger partial charge on any atom is -0.392 e. The number of thioether (sulfide) groups is 1. The first-order valence-electron chi connectivity index (χ1n) is 4.73. The fourth-order valence-corrected chi connectivity index (χ4v) is 2.52. The van der Waals surface area contributed by atoms with E-state index < -0.39 is 0 Å². The van der Waals surface area contributed by atoms with E-state index in [1.54, 1.807) is 0 Å². The average Bonchev–Trinajstić information content (AvgIpc) is 2.20. The van der Waals surface area contributed by atoms with E-state index in [4.69, 9.17) is 0 Å². The smallest absolute Gasteiger partial charge is 0.0693 e. The zero-order chi connectivity index (χ0) is 10.6. The minimum atomic E-state index is 0.109. The van der Waals surface area contributed by atoms with Crippen LogP contribution in [0.15, 0.2) is 27.6 Å². The Kier molecular flexibility index (Phi) is 4.99. The van der Waals surface area contributed by atoms with E-state index in [1.807, 2.05) is 23.9 Å². The summed E-state index contributed by atoms with van der Waals surface area (Å²) < 4.78 is 1.02. The van der Waals surface area contributed by atoms with E-state index in [0.717, 1.165) is 16.5 Å². The Morgan fingerprint density at radius 3 is 2.79 bits per heavy atom. The number of hydrogen-bond donors (Lipinski definition) is 1. The van der Waals surface area contributed by atoms with Gasteiger partial charge in [0, 0.05) is 14.6 Å². The van der Waals surface area contributed by atoms with Crippen molar-refractivity contribution in [1.82, 2.24) is 0 Å². The maximum Gasteiger partial charge on any atom is 0.0693 e. The molecule has 1 rings (SSSR count). The molecule has 0 fully saturated rings. The fraction of sp³-hybridized carbons (Fsp3) is 0.455. The van der Waals surface area contributed by atoms with Gasteiger partial charge in [0.15, 0.2) is 0 Å². The topological polar surface area (TPSA) is 20.2 Å². The summed E-state index contributed by atoms with van der Waals surface area (Å²) in [6, 6.07) is 6.06. The Bertz CT molecular complexity index is 301. The molecule has 0 bridgehead atoms. The zero-order valence-corrected chi connectivity index (χ0v) is 10.9. The maximum atomic E-state index is 9.19. The Hall–Kier alpha value is 0.01000. The highest BCUT2D eigenvalue weighted by molar-refractivity contribution is 9.10. The van der Waals surface area contributed by atoms with E-state index in [0.29, 0.717) is 5.25 Å². The molecular weight excluding hydrogens is 260 g/mol. The lowest BCUT2D eigenvalue weighted by Gasteiger charge is -2.11. The third-order valence-electron chi connectivity index (χ3n) is 2.10. The lowest BCUT2D eigenvalue weighted by Crippen LogP contribution is -1.95. The van der Waals surface area contributed by atoms with Crippen molar-refractivity contribution in [3.05, 3.63) is 28.2 Å². The summed E-state index contributed by atoms with van der Waals surface area (Å²) in [6.45, 7) is 4.49. The van der Waals surface area contributed by atoms with Crippen molar-refractivity contribution in [3.63, 3.8) is 0 Å². The minimum absolute atomic E-state index is 0.109. The monoisotopic (exact) mass is 274 g/mol. The number of aliphatic hydroxyl groups excluding tert-OH is 1. The summed E-state index contributed by atoms with van der Waals surface area (Å²) in [5.41, 5.74) is 1.00. The first kappa shape index (κ1) is 12.1. The molecule has 0 radical (unpaired) electrons. The third kappa shape index (κ3) is 3.30. The van der Waals surface area contributed by atoms with Crippen LogP contribution >= 0.6 is 27.7 Å². The van der Waals surface area contributed by atoms with Crippen LogP contribution in [0, 0.1) is 0 Å². The van der Waals surface area contributed by atoms with Crippen LogP contribution in [0.1, 0.15) is 25.8 Å². The van der Waals surface area contributed by atoms with Crippen molar-refractivity contribution in [2.24, 2.45) is 0 Å². The van der Waals surface area contributed by atoms with Crippen LogP contribution in [0.2, 0.25) is 0 Å². The number of benzene rings is 1. The Morgan fingerprint density at radius 2 is 2.21 bits per heavy atom. The van der Waals surface area contributed by atoms with Gasteiger partial charge in [0.1, 0.15) is 0 Å². The predicted octanol–water partition coefficient (Wildman–Crippen LogP) is 3.83. The number of rotatable bonds is 4. The lowest BCUT2D eigenvalue weighted by molar-refractivity contribution is 0.279. The number of halogens is 1. The number of hydrogen-bond acceptors (Lipinski definition) is 2. The highest BCUT2D eigenvalue weighted by Crippen LogP contribution is 2.30. The molecule has 0 saturated heterocycles. The van der Waals surface area contributed by atoms with Crippen molar-refractivity contribution >= 4 is 27.7 Å². The SMILES string of the molecule is CCC(C)Sc1ccc(Br)cc1CO. The normalized spacial score (nSPS) is 12.9. The van der Waals surface area contributed by atoms with Crippen LogP contribution in [0.4, 0.5) is 0 Å². The van der Waals surface area contributed by atoms with Gasteiger partial charge >= 0.3 is 0 Å².